The minimum atomic E-state index is -0.471. The Kier molecular flexibility index (Phi) is 4.30. The molecule has 1 aromatic carbocycles. The summed E-state index contributed by atoms with van der Waals surface area (Å²) in [4.78, 5) is 15.2. The number of hydrogen-bond acceptors (Lipinski definition) is 3. The fraction of sp³-hybridized carbons (Fsp3) is 0.200. The van der Waals surface area contributed by atoms with Gasteiger partial charge in [-0.25, -0.2) is 4.39 Å². The van der Waals surface area contributed by atoms with Gasteiger partial charge in [0.05, 0.1) is 17.9 Å². The molecular formula is C15H16FN3O. The average Bonchev–Trinajstić information content (AvgIpc) is 2.46. The summed E-state index contributed by atoms with van der Waals surface area (Å²) in [6.07, 6.45) is 1.97. The summed E-state index contributed by atoms with van der Waals surface area (Å²) in [6, 6.07) is 9.92. The molecule has 0 aliphatic rings. The summed E-state index contributed by atoms with van der Waals surface area (Å²) in [5.41, 5.74) is 7.22. The molecule has 5 heteroatoms. The number of nitrogens with zero attached hydrogens (tertiary/aromatic N) is 1. The minimum absolute atomic E-state index is 0.0567. The van der Waals surface area contributed by atoms with Gasteiger partial charge in [0.1, 0.15) is 5.82 Å². The predicted octanol–water partition coefficient (Wildman–Crippen LogP) is 2.88. The van der Waals surface area contributed by atoms with Gasteiger partial charge in [0.2, 0.25) is 5.91 Å². The van der Waals surface area contributed by atoms with E-state index in [2.05, 4.69) is 10.3 Å². The highest BCUT2D eigenvalue weighted by Crippen LogP contribution is 2.21. The van der Waals surface area contributed by atoms with Crippen molar-refractivity contribution in [3.8, 4) is 0 Å². The maximum Gasteiger partial charge on any atom is 0.248 e. The van der Waals surface area contributed by atoms with Crippen LogP contribution in [0.5, 0.6) is 0 Å². The number of primary amides is 1. The summed E-state index contributed by atoms with van der Waals surface area (Å²) in [5.74, 6) is -0.832. The number of carbonyl (C=O) groups excluding carboxylic acids is 1. The zero-order valence-corrected chi connectivity index (χ0v) is 11.1. The van der Waals surface area contributed by atoms with Crippen molar-refractivity contribution in [2.75, 3.05) is 5.32 Å². The van der Waals surface area contributed by atoms with Gasteiger partial charge < -0.3 is 11.1 Å². The van der Waals surface area contributed by atoms with E-state index in [9.17, 15) is 9.18 Å². The molecule has 3 N–H and O–H groups in total. The van der Waals surface area contributed by atoms with Gasteiger partial charge in [-0.1, -0.05) is 13.0 Å². The van der Waals surface area contributed by atoms with Gasteiger partial charge in [-0.2, -0.15) is 0 Å². The Balaban J connectivity index is 2.19. The van der Waals surface area contributed by atoms with Crippen LogP contribution in [-0.2, 0) is 0 Å². The lowest BCUT2D eigenvalue weighted by Crippen LogP contribution is -2.14. The smallest absolute Gasteiger partial charge is 0.248 e. The standard InChI is InChI=1S/C15H16FN3O/c1-2-13(14-7-6-11(16)9-18-14)19-12-5-3-4-10(8-12)15(17)20/h3-9,13,19H,2H2,1H3,(H2,17,20). The number of amides is 1. The quantitative estimate of drug-likeness (QED) is 0.880. The molecule has 2 rings (SSSR count). The fourth-order valence-electron chi connectivity index (χ4n) is 1.94. The second kappa shape index (κ2) is 6.14. The Morgan fingerprint density at radius 2 is 2.20 bits per heavy atom. The van der Waals surface area contributed by atoms with E-state index in [0.717, 1.165) is 17.8 Å². The van der Waals surface area contributed by atoms with E-state index >= 15 is 0 Å². The third kappa shape index (κ3) is 3.32. The lowest BCUT2D eigenvalue weighted by molar-refractivity contribution is 0.100. The van der Waals surface area contributed by atoms with Crippen molar-refractivity contribution < 1.29 is 9.18 Å². The van der Waals surface area contributed by atoms with Crippen molar-refractivity contribution >= 4 is 11.6 Å². The molecule has 1 amide bonds. The number of hydrogen-bond donors (Lipinski definition) is 2. The summed E-state index contributed by atoms with van der Waals surface area (Å²) < 4.78 is 12.9. The number of rotatable bonds is 5. The number of nitrogens with one attached hydrogen (secondary N) is 1. The molecule has 0 fully saturated rings. The maximum atomic E-state index is 12.9. The average molecular weight is 273 g/mol. The molecule has 4 nitrogen and oxygen atoms in total. The minimum Gasteiger partial charge on any atom is -0.377 e. The monoisotopic (exact) mass is 273 g/mol. The molecule has 0 spiro atoms. The molecule has 0 radical (unpaired) electrons. The predicted molar refractivity (Wildman–Crippen MR) is 75.8 cm³/mol. The molecule has 0 aliphatic heterocycles. The van der Waals surface area contributed by atoms with E-state index < -0.39 is 5.91 Å². The van der Waals surface area contributed by atoms with Crippen molar-refractivity contribution in [3.05, 3.63) is 59.7 Å². The normalized spacial score (nSPS) is 11.9. The molecule has 2 aromatic rings. The molecule has 0 saturated carbocycles. The van der Waals surface area contributed by atoms with Gasteiger partial charge in [0, 0.05) is 11.3 Å². The molecule has 0 bridgehead atoms. The highest BCUT2D eigenvalue weighted by atomic mass is 19.1. The van der Waals surface area contributed by atoms with E-state index in [1.165, 1.54) is 12.3 Å². The lowest BCUT2D eigenvalue weighted by atomic mass is 10.1. The van der Waals surface area contributed by atoms with Crippen LogP contribution in [0.2, 0.25) is 0 Å². The van der Waals surface area contributed by atoms with E-state index in [1.54, 1.807) is 24.3 Å². The Labute approximate surface area is 116 Å². The molecule has 1 unspecified atom stereocenters. The first-order chi connectivity index (χ1) is 9.60. The number of halogens is 1. The Morgan fingerprint density at radius 3 is 2.80 bits per heavy atom. The SMILES string of the molecule is CCC(Nc1cccc(C(N)=O)c1)c1ccc(F)cn1. The number of carbonyl (C=O) groups is 1. The fourth-order valence-corrected chi connectivity index (χ4v) is 1.94. The zero-order chi connectivity index (χ0) is 14.5. The van der Waals surface area contributed by atoms with E-state index in [4.69, 9.17) is 5.73 Å². The molecule has 20 heavy (non-hydrogen) atoms. The topological polar surface area (TPSA) is 68.0 Å². The van der Waals surface area contributed by atoms with Gasteiger partial charge in [-0.15, -0.1) is 0 Å². The number of pyridine rings is 1. The van der Waals surface area contributed by atoms with Gasteiger partial charge in [-0.05, 0) is 36.8 Å². The van der Waals surface area contributed by atoms with Crippen molar-refractivity contribution in [1.82, 2.24) is 4.98 Å². The third-order valence-corrected chi connectivity index (χ3v) is 3.00. The van der Waals surface area contributed by atoms with Crippen molar-refractivity contribution in [1.29, 1.82) is 0 Å². The summed E-state index contributed by atoms with van der Waals surface area (Å²) >= 11 is 0. The maximum absolute atomic E-state index is 12.9. The molecule has 1 aromatic heterocycles. The van der Waals surface area contributed by atoms with Gasteiger partial charge in [0.25, 0.3) is 0 Å². The summed E-state index contributed by atoms with van der Waals surface area (Å²) in [7, 11) is 0. The van der Waals surface area contributed by atoms with Crippen molar-refractivity contribution in [2.45, 2.75) is 19.4 Å². The molecule has 1 atom stereocenters. The molecule has 0 saturated heterocycles. The van der Waals surface area contributed by atoms with Crippen molar-refractivity contribution in [3.63, 3.8) is 0 Å². The molecular weight excluding hydrogens is 257 g/mol. The van der Waals surface area contributed by atoms with Crippen LogP contribution < -0.4 is 11.1 Å². The van der Waals surface area contributed by atoms with Crippen LogP contribution in [0.25, 0.3) is 0 Å². The first-order valence-electron chi connectivity index (χ1n) is 6.38. The Hall–Kier alpha value is -2.43. The van der Waals surface area contributed by atoms with Crippen LogP contribution in [0, 0.1) is 5.82 Å². The van der Waals surface area contributed by atoms with Gasteiger partial charge >= 0.3 is 0 Å². The molecule has 104 valence electrons. The Morgan fingerprint density at radius 1 is 1.40 bits per heavy atom. The first-order valence-corrected chi connectivity index (χ1v) is 6.38. The first kappa shape index (κ1) is 14.0. The number of nitrogens with two attached hydrogens (primary N) is 1. The van der Waals surface area contributed by atoms with Gasteiger partial charge in [0.15, 0.2) is 0 Å². The molecule has 0 aliphatic carbocycles. The van der Waals surface area contributed by atoms with E-state index in [-0.39, 0.29) is 11.9 Å². The van der Waals surface area contributed by atoms with Crippen LogP contribution >= 0.6 is 0 Å². The highest BCUT2D eigenvalue weighted by Gasteiger charge is 2.11. The second-order valence-electron chi connectivity index (χ2n) is 4.45. The zero-order valence-electron chi connectivity index (χ0n) is 11.1. The third-order valence-electron chi connectivity index (χ3n) is 3.00. The van der Waals surface area contributed by atoms with Crippen molar-refractivity contribution in [2.24, 2.45) is 5.73 Å². The largest absolute Gasteiger partial charge is 0.377 e. The van der Waals surface area contributed by atoms with Crippen LogP contribution in [0.1, 0.15) is 35.4 Å². The number of anilines is 1. The van der Waals surface area contributed by atoms with Crippen LogP contribution in [0.3, 0.4) is 0 Å². The second-order valence-corrected chi connectivity index (χ2v) is 4.45. The lowest BCUT2D eigenvalue weighted by Gasteiger charge is -2.18. The number of benzene rings is 1. The summed E-state index contributed by atoms with van der Waals surface area (Å²) in [6.45, 7) is 2.00. The van der Waals surface area contributed by atoms with Crippen LogP contribution in [0.4, 0.5) is 10.1 Å². The van der Waals surface area contributed by atoms with Crippen LogP contribution in [0.15, 0.2) is 42.6 Å². The summed E-state index contributed by atoms with van der Waals surface area (Å²) in [5, 5.41) is 3.27. The Bertz CT molecular complexity index is 598. The molecule has 1 heterocycles. The van der Waals surface area contributed by atoms with E-state index in [0.29, 0.717) is 5.56 Å². The number of aromatic nitrogens is 1. The van der Waals surface area contributed by atoms with Gasteiger partial charge in [-0.3, -0.25) is 9.78 Å². The van der Waals surface area contributed by atoms with E-state index in [1.807, 2.05) is 13.0 Å². The van der Waals surface area contributed by atoms with Crippen LogP contribution in [-0.4, -0.2) is 10.9 Å². The highest BCUT2D eigenvalue weighted by molar-refractivity contribution is 5.93.